The minimum atomic E-state index is -0.411. The molecule has 1 N–H and O–H groups in total. The van der Waals surface area contributed by atoms with E-state index in [1.807, 2.05) is 14.1 Å². The minimum Gasteiger partial charge on any atom is -0.313 e. The van der Waals surface area contributed by atoms with Gasteiger partial charge >= 0.3 is 0 Å². The number of nitro benzene ring substituents is 1. The van der Waals surface area contributed by atoms with Crippen LogP contribution in [0.5, 0.6) is 0 Å². The lowest BCUT2D eigenvalue weighted by Crippen LogP contribution is -2.21. The fraction of sp³-hybridized carbons (Fsp3) is 0.500. The lowest BCUT2D eigenvalue weighted by atomic mass is 10.2. The Hall–Kier alpha value is -1.17. The molecule has 1 aromatic carbocycles. The second-order valence-corrected chi connectivity index (χ2v) is 4.77. The van der Waals surface area contributed by atoms with Crippen LogP contribution in [0.15, 0.2) is 18.2 Å². The molecule has 5 nitrogen and oxygen atoms in total. The van der Waals surface area contributed by atoms with Crippen LogP contribution in [0.4, 0.5) is 5.69 Å². The fourth-order valence-electron chi connectivity index (χ4n) is 1.55. The van der Waals surface area contributed by atoms with Crippen LogP contribution in [0.1, 0.15) is 12.0 Å². The molecule has 1 aromatic rings. The molecule has 0 atom stereocenters. The predicted molar refractivity (Wildman–Crippen MR) is 73.0 cm³/mol. The number of hydrogen-bond acceptors (Lipinski definition) is 4. The highest BCUT2D eigenvalue weighted by molar-refractivity contribution is 6.31. The van der Waals surface area contributed by atoms with Crippen molar-refractivity contribution in [1.82, 2.24) is 10.2 Å². The molecule has 0 saturated carbocycles. The summed E-state index contributed by atoms with van der Waals surface area (Å²) in [5, 5.41) is 14.4. The number of halogens is 1. The van der Waals surface area contributed by atoms with E-state index in [9.17, 15) is 10.1 Å². The summed E-state index contributed by atoms with van der Waals surface area (Å²) in [5.74, 6) is 0. The third kappa shape index (κ3) is 5.00. The van der Waals surface area contributed by atoms with Gasteiger partial charge in [-0.1, -0.05) is 11.6 Å². The van der Waals surface area contributed by atoms with Crippen LogP contribution in [0.2, 0.25) is 5.02 Å². The molecule has 0 aliphatic heterocycles. The SMILES string of the molecule is CN(C)CCCNCc1cc([N+](=O)[O-])ccc1Cl. The molecule has 6 heteroatoms. The molecule has 18 heavy (non-hydrogen) atoms. The second kappa shape index (κ2) is 7.31. The van der Waals surface area contributed by atoms with E-state index < -0.39 is 4.92 Å². The first kappa shape index (κ1) is 14.9. The van der Waals surface area contributed by atoms with E-state index in [4.69, 9.17) is 11.6 Å². The van der Waals surface area contributed by atoms with Crippen molar-refractivity contribution in [2.45, 2.75) is 13.0 Å². The van der Waals surface area contributed by atoms with Gasteiger partial charge in [-0.3, -0.25) is 10.1 Å². The van der Waals surface area contributed by atoms with Gasteiger partial charge in [0.05, 0.1) is 4.92 Å². The van der Waals surface area contributed by atoms with E-state index in [0.717, 1.165) is 25.1 Å². The molecule has 0 spiro atoms. The Morgan fingerprint density at radius 1 is 1.44 bits per heavy atom. The quantitative estimate of drug-likeness (QED) is 0.470. The fourth-order valence-corrected chi connectivity index (χ4v) is 1.74. The maximum absolute atomic E-state index is 10.7. The van der Waals surface area contributed by atoms with Crippen molar-refractivity contribution in [1.29, 1.82) is 0 Å². The van der Waals surface area contributed by atoms with Crippen LogP contribution in [0.25, 0.3) is 0 Å². The molecular weight excluding hydrogens is 254 g/mol. The van der Waals surface area contributed by atoms with Crippen LogP contribution < -0.4 is 5.32 Å². The number of nitro groups is 1. The van der Waals surface area contributed by atoms with Gasteiger partial charge in [0.15, 0.2) is 0 Å². The monoisotopic (exact) mass is 271 g/mol. The smallest absolute Gasteiger partial charge is 0.269 e. The van der Waals surface area contributed by atoms with Gasteiger partial charge in [0, 0.05) is 23.7 Å². The van der Waals surface area contributed by atoms with Gasteiger partial charge in [0.25, 0.3) is 5.69 Å². The van der Waals surface area contributed by atoms with Crippen LogP contribution in [-0.4, -0.2) is 37.0 Å². The van der Waals surface area contributed by atoms with Crippen molar-refractivity contribution in [3.05, 3.63) is 38.9 Å². The first-order valence-electron chi connectivity index (χ1n) is 5.79. The summed E-state index contributed by atoms with van der Waals surface area (Å²) < 4.78 is 0. The van der Waals surface area contributed by atoms with Crippen molar-refractivity contribution in [3.8, 4) is 0 Å². The Morgan fingerprint density at radius 3 is 2.78 bits per heavy atom. The van der Waals surface area contributed by atoms with Crippen LogP contribution >= 0.6 is 11.6 Å². The van der Waals surface area contributed by atoms with E-state index >= 15 is 0 Å². The van der Waals surface area contributed by atoms with Gasteiger partial charge in [-0.15, -0.1) is 0 Å². The Kier molecular flexibility index (Phi) is 6.04. The van der Waals surface area contributed by atoms with Gasteiger partial charge in [-0.2, -0.15) is 0 Å². The van der Waals surface area contributed by atoms with E-state index in [2.05, 4.69) is 10.2 Å². The molecule has 0 radical (unpaired) electrons. The van der Waals surface area contributed by atoms with E-state index in [0.29, 0.717) is 11.6 Å². The largest absolute Gasteiger partial charge is 0.313 e. The highest BCUT2D eigenvalue weighted by atomic mass is 35.5. The molecule has 0 bridgehead atoms. The van der Waals surface area contributed by atoms with Crippen LogP contribution in [0, 0.1) is 10.1 Å². The second-order valence-electron chi connectivity index (χ2n) is 4.37. The summed E-state index contributed by atoms with van der Waals surface area (Å²) in [6.45, 7) is 2.42. The van der Waals surface area contributed by atoms with Gasteiger partial charge in [-0.25, -0.2) is 0 Å². The standard InChI is InChI=1S/C12H18ClN3O2/c1-15(2)7-3-6-14-9-10-8-11(16(17)18)4-5-12(10)13/h4-5,8,14H,3,6-7,9H2,1-2H3. The normalized spacial score (nSPS) is 10.9. The van der Waals surface area contributed by atoms with E-state index in [1.165, 1.54) is 12.1 Å². The third-order valence-electron chi connectivity index (χ3n) is 2.51. The maximum Gasteiger partial charge on any atom is 0.269 e. The molecule has 0 aliphatic carbocycles. The van der Waals surface area contributed by atoms with Crippen LogP contribution in [-0.2, 0) is 6.54 Å². The molecule has 0 heterocycles. The number of non-ortho nitro benzene ring substituents is 1. The average Bonchev–Trinajstić information content (AvgIpc) is 2.30. The zero-order chi connectivity index (χ0) is 13.5. The van der Waals surface area contributed by atoms with Gasteiger partial charge in [-0.05, 0) is 45.2 Å². The van der Waals surface area contributed by atoms with Gasteiger partial charge < -0.3 is 10.2 Å². The first-order valence-corrected chi connectivity index (χ1v) is 6.17. The number of benzene rings is 1. The molecule has 0 aromatic heterocycles. The Balaban J connectivity index is 2.46. The Bertz CT molecular complexity index is 410. The van der Waals surface area contributed by atoms with Crippen molar-refractivity contribution in [3.63, 3.8) is 0 Å². The van der Waals surface area contributed by atoms with Crippen molar-refractivity contribution >= 4 is 17.3 Å². The Morgan fingerprint density at radius 2 is 2.17 bits per heavy atom. The molecule has 0 amide bonds. The van der Waals surface area contributed by atoms with E-state index in [1.54, 1.807) is 6.07 Å². The van der Waals surface area contributed by atoms with Gasteiger partial charge in [0.1, 0.15) is 0 Å². The zero-order valence-corrected chi connectivity index (χ0v) is 11.4. The lowest BCUT2D eigenvalue weighted by molar-refractivity contribution is -0.384. The summed E-state index contributed by atoms with van der Waals surface area (Å²) in [7, 11) is 4.05. The molecule has 100 valence electrons. The molecule has 0 unspecified atom stereocenters. The average molecular weight is 272 g/mol. The number of hydrogen-bond donors (Lipinski definition) is 1. The van der Waals surface area contributed by atoms with Crippen molar-refractivity contribution < 1.29 is 4.92 Å². The summed E-state index contributed by atoms with van der Waals surface area (Å²) in [4.78, 5) is 12.4. The summed E-state index contributed by atoms with van der Waals surface area (Å²) in [6.07, 6.45) is 1.03. The first-order chi connectivity index (χ1) is 8.50. The summed E-state index contributed by atoms with van der Waals surface area (Å²) in [5.41, 5.74) is 0.834. The molecule has 0 fully saturated rings. The highest BCUT2D eigenvalue weighted by Crippen LogP contribution is 2.21. The van der Waals surface area contributed by atoms with Gasteiger partial charge in [0.2, 0.25) is 0 Å². The lowest BCUT2D eigenvalue weighted by Gasteiger charge is -2.10. The minimum absolute atomic E-state index is 0.0736. The summed E-state index contributed by atoms with van der Waals surface area (Å²) >= 11 is 5.99. The zero-order valence-electron chi connectivity index (χ0n) is 10.6. The van der Waals surface area contributed by atoms with Crippen LogP contribution in [0.3, 0.4) is 0 Å². The highest BCUT2D eigenvalue weighted by Gasteiger charge is 2.09. The molecule has 0 saturated heterocycles. The number of nitrogens with one attached hydrogen (secondary N) is 1. The molecule has 0 aliphatic rings. The topological polar surface area (TPSA) is 58.4 Å². The number of nitrogens with zero attached hydrogens (tertiary/aromatic N) is 2. The van der Waals surface area contributed by atoms with E-state index in [-0.39, 0.29) is 5.69 Å². The maximum atomic E-state index is 10.7. The Labute approximate surface area is 112 Å². The van der Waals surface area contributed by atoms with Crippen molar-refractivity contribution in [2.24, 2.45) is 0 Å². The van der Waals surface area contributed by atoms with Crippen molar-refractivity contribution in [2.75, 3.05) is 27.2 Å². The number of rotatable bonds is 7. The predicted octanol–water partition coefficient (Wildman–Crippen LogP) is 2.29. The third-order valence-corrected chi connectivity index (χ3v) is 2.88. The summed E-state index contributed by atoms with van der Waals surface area (Å²) in [6, 6.07) is 4.50. The molecule has 1 rings (SSSR count). The molecular formula is C12H18ClN3O2.